The quantitative estimate of drug-likeness (QED) is 0.840. The van der Waals surface area contributed by atoms with Gasteiger partial charge in [-0.25, -0.2) is 15.0 Å². The van der Waals surface area contributed by atoms with Crippen molar-refractivity contribution >= 4 is 11.8 Å². The Hall–Kier alpha value is -1.46. The van der Waals surface area contributed by atoms with Gasteiger partial charge in [0.25, 0.3) is 0 Å². The summed E-state index contributed by atoms with van der Waals surface area (Å²) >= 11 is 1.46. The topological polar surface area (TPSA) is 64.7 Å². The first-order chi connectivity index (χ1) is 8.17. The Morgan fingerprint density at radius 3 is 2.41 bits per heavy atom. The van der Waals surface area contributed by atoms with E-state index in [-0.39, 0.29) is 0 Å². The Bertz CT molecular complexity index is 490. The standard InChI is InChI=1S/C12H14N4S/c1-8-5-9(2)16-12(15-8)17-11-4-3-10(6-13)7-14-11/h3-5,7H,6,13H2,1-2H3. The van der Waals surface area contributed by atoms with Crippen molar-refractivity contribution in [2.75, 3.05) is 0 Å². The lowest BCUT2D eigenvalue weighted by Crippen LogP contribution is -1.97. The molecule has 0 saturated carbocycles. The highest BCUT2D eigenvalue weighted by molar-refractivity contribution is 7.99. The fraction of sp³-hybridized carbons (Fsp3) is 0.250. The van der Waals surface area contributed by atoms with E-state index in [1.54, 1.807) is 6.20 Å². The number of rotatable bonds is 3. The molecule has 0 saturated heterocycles. The van der Waals surface area contributed by atoms with Crippen molar-refractivity contribution in [2.45, 2.75) is 30.6 Å². The van der Waals surface area contributed by atoms with Crippen LogP contribution in [0.2, 0.25) is 0 Å². The van der Waals surface area contributed by atoms with E-state index in [2.05, 4.69) is 15.0 Å². The van der Waals surface area contributed by atoms with Gasteiger partial charge in [0.15, 0.2) is 5.16 Å². The summed E-state index contributed by atoms with van der Waals surface area (Å²) in [5.41, 5.74) is 8.49. The number of aryl methyl sites for hydroxylation is 2. The predicted molar refractivity (Wildman–Crippen MR) is 67.8 cm³/mol. The SMILES string of the molecule is Cc1cc(C)nc(Sc2ccc(CN)cn2)n1. The molecule has 0 unspecified atom stereocenters. The van der Waals surface area contributed by atoms with Crippen molar-refractivity contribution in [2.24, 2.45) is 5.73 Å². The van der Waals surface area contributed by atoms with Crippen molar-refractivity contribution in [3.8, 4) is 0 Å². The summed E-state index contributed by atoms with van der Waals surface area (Å²) in [6.07, 6.45) is 1.78. The minimum Gasteiger partial charge on any atom is -0.326 e. The van der Waals surface area contributed by atoms with Crippen LogP contribution < -0.4 is 5.73 Å². The van der Waals surface area contributed by atoms with Crippen LogP contribution >= 0.6 is 11.8 Å². The van der Waals surface area contributed by atoms with E-state index in [0.29, 0.717) is 6.54 Å². The van der Waals surface area contributed by atoms with Gasteiger partial charge < -0.3 is 5.73 Å². The summed E-state index contributed by atoms with van der Waals surface area (Å²) in [7, 11) is 0. The number of hydrogen-bond donors (Lipinski definition) is 1. The second-order valence-corrected chi connectivity index (χ2v) is 4.73. The maximum absolute atomic E-state index is 5.52. The Morgan fingerprint density at radius 2 is 1.88 bits per heavy atom. The molecule has 0 atom stereocenters. The van der Waals surface area contributed by atoms with E-state index in [1.165, 1.54) is 11.8 Å². The maximum atomic E-state index is 5.52. The highest BCUT2D eigenvalue weighted by Crippen LogP contribution is 2.22. The van der Waals surface area contributed by atoms with Crippen LogP contribution in [0.4, 0.5) is 0 Å². The third kappa shape index (κ3) is 3.25. The molecular weight excluding hydrogens is 232 g/mol. The normalized spacial score (nSPS) is 10.5. The van der Waals surface area contributed by atoms with Crippen molar-refractivity contribution < 1.29 is 0 Å². The first-order valence-electron chi connectivity index (χ1n) is 5.32. The number of nitrogens with two attached hydrogens (primary N) is 1. The van der Waals surface area contributed by atoms with Crippen LogP contribution in [0.25, 0.3) is 0 Å². The largest absolute Gasteiger partial charge is 0.326 e. The van der Waals surface area contributed by atoms with Gasteiger partial charge in [-0.15, -0.1) is 0 Å². The zero-order valence-corrected chi connectivity index (χ0v) is 10.7. The lowest BCUT2D eigenvalue weighted by Gasteiger charge is -2.03. The molecule has 0 fully saturated rings. The van der Waals surface area contributed by atoms with Gasteiger partial charge in [0.1, 0.15) is 5.03 Å². The molecule has 0 aliphatic heterocycles. The van der Waals surface area contributed by atoms with E-state index in [4.69, 9.17) is 5.73 Å². The molecule has 17 heavy (non-hydrogen) atoms. The zero-order chi connectivity index (χ0) is 12.3. The minimum atomic E-state index is 0.512. The van der Waals surface area contributed by atoms with E-state index in [9.17, 15) is 0 Å². The van der Waals surface area contributed by atoms with Crippen LogP contribution in [-0.2, 0) is 6.54 Å². The summed E-state index contributed by atoms with van der Waals surface area (Å²) < 4.78 is 0. The molecule has 2 rings (SSSR count). The molecule has 0 amide bonds. The summed E-state index contributed by atoms with van der Waals surface area (Å²) in [4.78, 5) is 13.0. The van der Waals surface area contributed by atoms with Crippen LogP contribution in [0, 0.1) is 13.8 Å². The van der Waals surface area contributed by atoms with Gasteiger partial charge in [-0.05, 0) is 43.3 Å². The van der Waals surface area contributed by atoms with Crippen molar-refractivity contribution in [1.82, 2.24) is 15.0 Å². The summed E-state index contributed by atoms with van der Waals surface area (Å²) in [6, 6.07) is 5.86. The second-order valence-electron chi connectivity index (χ2n) is 3.74. The van der Waals surface area contributed by atoms with Gasteiger partial charge in [0.05, 0.1) is 0 Å². The van der Waals surface area contributed by atoms with Gasteiger partial charge in [0, 0.05) is 24.1 Å². The summed E-state index contributed by atoms with van der Waals surface area (Å²) in [5, 5.41) is 1.61. The molecule has 5 heteroatoms. The number of nitrogens with zero attached hydrogens (tertiary/aromatic N) is 3. The van der Waals surface area contributed by atoms with Crippen LogP contribution in [0.3, 0.4) is 0 Å². The lowest BCUT2D eigenvalue weighted by atomic mass is 10.3. The highest BCUT2D eigenvalue weighted by atomic mass is 32.2. The van der Waals surface area contributed by atoms with Crippen LogP contribution in [0.1, 0.15) is 17.0 Å². The molecule has 2 N–H and O–H groups in total. The van der Waals surface area contributed by atoms with Crippen LogP contribution in [0.15, 0.2) is 34.6 Å². The van der Waals surface area contributed by atoms with Gasteiger partial charge in [-0.2, -0.15) is 0 Å². The van der Waals surface area contributed by atoms with Crippen molar-refractivity contribution in [1.29, 1.82) is 0 Å². The predicted octanol–water partition coefficient (Wildman–Crippen LogP) is 2.10. The molecule has 0 aromatic carbocycles. The van der Waals surface area contributed by atoms with E-state index in [0.717, 1.165) is 27.1 Å². The average molecular weight is 246 g/mol. The fourth-order valence-electron chi connectivity index (χ4n) is 1.42. The molecule has 4 nitrogen and oxygen atoms in total. The smallest absolute Gasteiger partial charge is 0.194 e. The Morgan fingerprint density at radius 1 is 1.18 bits per heavy atom. The Balaban J connectivity index is 2.19. The van der Waals surface area contributed by atoms with Crippen molar-refractivity contribution in [3.05, 3.63) is 41.3 Å². The molecular formula is C12H14N4S. The van der Waals surface area contributed by atoms with E-state index in [1.807, 2.05) is 32.0 Å². The monoisotopic (exact) mass is 246 g/mol. The third-order valence-electron chi connectivity index (χ3n) is 2.19. The molecule has 2 aromatic heterocycles. The summed E-state index contributed by atoms with van der Waals surface area (Å²) in [5.74, 6) is 0. The molecule has 0 aliphatic rings. The minimum absolute atomic E-state index is 0.512. The maximum Gasteiger partial charge on any atom is 0.194 e. The molecule has 0 aliphatic carbocycles. The number of hydrogen-bond acceptors (Lipinski definition) is 5. The fourth-order valence-corrected chi connectivity index (χ4v) is 2.23. The zero-order valence-electron chi connectivity index (χ0n) is 9.84. The molecule has 0 spiro atoms. The molecule has 0 radical (unpaired) electrons. The first kappa shape index (κ1) is 12.0. The van der Waals surface area contributed by atoms with Gasteiger partial charge in [-0.1, -0.05) is 6.07 Å². The lowest BCUT2D eigenvalue weighted by molar-refractivity contribution is 0.898. The van der Waals surface area contributed by atoms with Gasteiger partial charge in [0.2, 0.25) is 0 Å². The first-order valence-corrected chi connectivity index (χ1v) is 6.14. The molecule has 2 heterocycles. The van der Waals surface area contributed by atoms with Gasteiger partial charge in [-0.3, -0.25) is 0 Å². The molecule has 88 valence electrons. The van der Waals surface area contributed by atoms with Crippen LogP contribution in [-0.4, -0.2) is 15.0 Å². The van der Waals surface area contributed by atoms with Crippen molar-refractivity contribution in [3.63, 3.8) is 0 Å². The summed E-state index contributed by atoms with van der Waals surface area (Å²) in [6.45, 7) is 4.44. The van der Waals surface area contributed by atoms with Gasteiger partial charge >= 0.3 is 0 Å². The number of aromatic nitrogens is 3. The van der Waals surface area contributed by atoms with E-state index >= 15 is 0 Å². The molecule has 2 aromatic rings. The Kier molecular flexibility index (Phi) is 3.71. The van der Waals surface area contributed by atoms with E-state index < -0.39 is 0 Å². The second kappa shape index (κ2) is 5.25. The highest BCUT2D eigenvalue weighted by Gasteiger charge is 2.03. The Labute approximate surface area is 105 Å². The third-order valence-corrected chi connectivity index (χ3v) is 3.01. The van der Waals surface area contributed by atoms with Crippen LogP contribution in [0.5, 0.6) is 0 Å². The molecule has 0 bridgehead atoms. The average Bonchev–Trinajstić information content (AvgIpc) is 2.28. The number of pyridine rings is 1.